The number of hydrogen-bond acceptors (Lipinski definition) is 3. The summed E-state index contributed by atoms with van der Waals surface area (Å²) in [5.74, 6) is 0.291. The van der Waals surface area contributed by atoms with E-state index in [9.17, 15) is 0 Å². The molecule has 0 saturated heterocycles. The Kier molecular flexibility index (Phi) is 6.34. The van der Waals surface area contributed by atoms with Crippen LogP contribution >= 0.6 is 0 Å². The Labute approximate surface area is 195 Å². The van der Waals surface area contributed by atoms with Gasteiger partial charge >= 0.3 is 0 Å². The summed E-state index contributed by atoms with van der Waals surface area (Å²) in [6, 6.07) is 25.7. The van der Waals surface area contributed by atoms with Crippen molar-refractivity contribution in [3.8, 4) is 5.75 Å². The smallest absolute Gasteiger partial charge is 0.0659 e. The Morgan fingerprint density at radius 3 is 1.38 bits per heavy atom. The first-order valence-corrected chi connectivity index (χ1v) is 9.89. The molecule has 0 spiro atoms. The maximum atomic E-state index is 8.61. The number of aromatic hydroxyl groups is 1. The van der Waals surface area contributed by atoms with Crippen LogP contribution in [0.5, 0.6) is 5.75 Å². The molecule has 0 saturated carbocycles. The Balaban J connectivity index is 0.000000265. The average molecular weight is 462 g/mol. The number of benzene rings is 1. The summed E-state index contributed by atoms with van der Waals surface area (Å²) in [5.41, 5.74) is 7.86. The largest absolute Gasteiger partial charge is 0.533 e. The molecule has 32 heavy (non-hydrogen) atoms. The topological polar surface area (TPSA) is 77.6 Å². The van der Waals surface area contributed by atoms with Gasteiger partial charge in [-0.3, -0.25) is 0 Å². The van der Waals surface area contributed by atoms with Gasteiger partial charge in [0.05, 0.1) is 22.8 Å². The summed E-state index contributed by atoms with van der Waals surface area (Å²) in [4.78, 5) is 16.0. The van der Waals surface area contributed by atoms with Crippen LogP contribution in [0.4, 0.5) is 0 Å². The van der Waals surface area contributed by atoms with E-state index in [1.807, 2.05) is 42.5 Å². The average Bonchev–Trinajstić information content (AvgIpc) is 3.55. The molecule has 160 valence electrons. The molecule has 8 bridgehead atoms. The number of aromatic amines is 2. The first kappa shape index (κ1) is 21.3. The molecule has 1 aromatic carbocycles. The first-order valence-electron chi connectivity index (χ1n) is 9.89. The zero-order valence-corrected chi connectivity index (χ0v) is 17.9. The van der Waals surface area contributed by atoms with Crippen molar-refractivity contribution in [3.63, 3.8) is 0 Å². The predicted molar refractivity (Wildman–Crippen MR) is 126 cm³/mol. The molecule has 5 heterocycles. The molecule has 0 fully saturated rings. The van der Waals surface area contributed by atoms with Gasteiger partial charge in [0.2, 0.25) is 0 Å². The summed E-state index contributed by atoms with van der Waals surface area (Å²) in [7, 11) is 0. The van der Waals surface area contributed by atoms with Gasteiger partial charge in [-0.25, -0.2) is 9.97 Å². The Bertz CT molecular complexity index is 1360. The van der Waals surface area contributed by atoms with Crippen molar-refractivity contribution in [2.45, 2.75) is 0 Å². The van der Waals surface area contributed by atoms with Crippen molar-refractivity contribution in [2.24, 2.45) is 0 Å². The quantitative estimate of drug-likeness (QED) is 0.196. The van der Waals surface area contributed by atoms with Gasteiger partial charge in [-0.15, -0.1) is 12.1 Å². The van der Waals surface area contributed by atoms with Gasteiger partial charge in [0, 0.05) is 44.3 Å². The number of rotatable bonds is 0. The molecule has 5 nitrogen and oxygen atoms in total. The van der Waals surface area contributed by atoms with Crippen molar-refractivity contribution in [1.82, 2.24) is 19.9 Å². The fourth-order valence-electron chi connectivity index (χ4n) is 3.32. The van der Waals surface area contributed by atoms with Gasteiger partial charge in [-0.1, -0.05) is 0 Å². The third-order valence-corrected chi connectivity index (χ3v) is 4.74. The zero-order chi connectivity index (χ0) is 21.0. The maximum Gasteiger partial charge on any atom is 0.0659 e. The molecule has 0 amide bonds. The Hall–Kier alpha value is -3.89. The molecule has 2 aliphatic heterocycles. The van der Waals surface area contributed by atoms with Crippen LogP contribution in [0, 0.1) is 6.07 Å². The van der Waals surface area contributed by atoms with Gasteiger partial charge in [0.1, 0.15) is 0 Å². The molecule has 3 N–H and O–H groups in total. The molecule has 6 rings (SSSR count). The fourth-order valence-corrected chi connectivity index (χ4v) is 3.32. The molecule has 3 aromatic heterocycles. The van der Waals surface area contributed by atoms with Crippen molar-refractivity contribution in [3.05, 3.63) is 102 Å². The van der Waals surface area contributed by atoms with E-state index < -0.39 is 0 Å². The van der Waals surface area contributed by atoms with Crippen LogP contribution in [0.2, 0.25) is 0 Å². The van der Waals surface area contributed by atoms with E-state index in [2.05, 4.69) is 56.3 Å². The van der Waals surface area contributed by atoms with Crippen LogP contribution in [0.15, 0.2) is 72.8 Å². The minimum Gasteiger partial charge on any atom is -0.533 e. The second-order valence-corrected chi connectivity index (χ2v) is 7.16. The van der Waals surface area contributed by atoms with Crippen LogP contribution in [0.25, 0.3) is 46.4 Å². The summed E-state index contributed by atoms with van der Waals surface area (Å²) < 4.78 is 0. The van der Waals surface area contributed by atoms with E-state index in [0.717, 1.165) is 44.8 Å². The van der Waals surface area contributed by atoms with E-state index in [4.69, 9.17) is 5.11 Å². The Morgan fingerprint density at radius 1 is 0.562 bits per heavy atom. The van der Waals surface area contributed by atoms with E-state index in [1.165, 1.54) is 0 Å². The van der Waals surface area contributed by atoms with Gasteiger partial charge in [-0.2, -0.15) is 18.2 Å². The summed E-state index contributed by atoms with van der Waals surface area (Å²) in [6.45, 7) is 0. The van der Waals surface area contributed by atoms with Crippen molar-refractivity contribution >= 4 is 46.4 Å². The van der Waals surface area contributed by atoms with Crippen LogP contribution in [0.3, 0.4) is 0 Å². The minimum absolute atomic E-state index is 0. The third kappa shape index (κ3) is 5.23. The second-order valence-electron chi connectivity index (χ2n) is 7.16. The standard InChI is InChI=1S/C20H14N4.C6H5O.Ni/c1-2-14-10-16-5-6-18(23-16)12-20-8-7-19(24-20)11-17-4-3-15(22-17)9-13(1)21-14;7-6-4-2-1-3-5-6;/h1-12,21-22H;2-5,7H;/q;-1;. The zero-order valence-electron chi connectivity index (χ0n) is 16.9. The number of nitrogens with one attached hydrogen (secondary N) is 2. The molecule has 6 heteroatoms. The number of phenols is 1. The molecule has 0 radical (unpaired) electrons. The minimum atomic E-state index is 0. The SMILES string of the molecule is C1=Cc2cc3ccc(cc4ccc(cc5nc(cc1n2)C=C5)[nH]4)[nH]3.Oc1cc[c-]cc1.[Ni]. The first-order chi connectivity index (χ1) is 15.2. The predicted octanol–water partition coefficient (Wildman–Crippen LogP) is 5.85. The number of aromatic nitrogens is 4. The van der Waals surface area contributed by atoms with Gasteiger partial charge < -0.3 is 15.1 Å². The number of hydrogen-bond donors (Lipinski definition) is 3. The number of nitrogens with zero attached hydrogens (tertiary/aromatic N) is 2. The molecule has 2 aliphatic rings. The third-order valence-electron chi connectivity index (χ3n) is 4.74. The van der Waals surface area contributed by atoms with Crippen LogP contribution in [-0.4, -0.2) is 25.0 Å². The molecular weight excluding hydrogens is 443 g/mol. The maximum absolute atomic E-state index is 8.61. The summed E-state index contributed by atoms with van der Waals surface area (Å²) >= 11 is 0. The van der Waals surface area contributed by atoms with Gasteiger partial charge in [0.15, 0.2) is 0 Å². The van der Waals surface area contributed by atoms with Crippen molar-refractivity contribution < 1.29 is 21.6 Å². The summed E-state index contributed by atoms with van der Waals surface area (Å²) in [6.07, 6.45) is 8.05. The molecule has 0 aliphatic carbocycles. The molecular formula is C26H19N4NiO-. The van der Waals surface area contributed by atoms with E-state index in [-0.39, 0.29) is 16.5 Å². The molecule has 0 unspecified atom stereocenters. The van der Waals surface area contributed by atoms with Gasteiger partial charge in [-0.05, 0) is 72.8 Å². The van der Waals surface area contributed by atoms with E-state index in [1.54, 1.807) is 24.3 Å². The molecule has 0 atom stereocenters. The summed E-state index contributed by atoms with van der Waals surface area (Å²) in [5, 5.41) is 8.61. The van der Waals surface area contributed by atoms with Crippen LogP contribution in [0.1, 0.15) is 22.8 Å². The molecule has 4 aromatic rings. The Morgan fingerprint density at radius 2 is 0.969 bits per heavy atom. The van der Waals surface area contributed by atoms with Crippen molar-refractivity contribution in [2.75, 3.05) is 0 Å². The monoisotopic (exact) mass is 461 g/mol. The van der Waals surface area contributed by atoms with E-state index >= 15 is 0 Å². The second kappa shape index (κ2) is 9.50. The van der Waals surface area contributed by atoms with Crippen LogP contribution < -0.4 is 0 Å². The van der Waals surface area contributed by atoms with Gasteiger partial charge in [0.25, 0.3) is 0 Å². The number of phenolic OH excluding ortho intramolecular Hbond substituents is 1. The number of H-pyrrole nitrogens is 2. The van der Waals surface area contributed by atoms with Crippen molar-refractivity contribution in [1.29, 1.82) is 0 Å². The fraction of sp³-hybridized carbons (Fsp3) is 0. The van der Waals surface area contributed by atoms with E-state index in [0.29, 0.717) is 5.75 Å². The van der Waals surface area contributed by atoms with Crippen LogP contribution in [-0.2, 0) is 16.5 Å². The number of fused-ring (bicyclic) bond motifs is 8. The normalized spacial score (nSPS) is 11.4.